The van der Waals surface area contributed by atoms with Crippen molar-refractivity contribution >= 4 is 23.2 Å². The molecule has 0 radical (unpaired) electrons. The second kappa shape index (κ2) is 8.06. The zero-order chi connectivity index (χ0) is 16.9. The Hall–Kier alpha value is -1.49. The highest BCUT2D eigenvalue weighted by Gasteiger charge is 2.27. The van der Waals surface area contributed by atoms with Gasteiger partial charge in [0, 0.05) is 12.2 Å². The highest BCUT2D eigenvalue weighted by Crippen LogP contribution is 2.28. The van der Waals surface area contributed by atoms with Gasteiger partial charge in [0.1, 0.15) is 0 Å². The number of hydrogen-bond donors (Lipinski definition) is 1. The summed E-state index contributed by atoms with van der Waals surface area (Å²) < 4.78 is 2.05. The van der Waals surface area contributed by atoms with E-state index in [1.54, 1.807) is 11.8 Å². The lowest BCUT2D eigenvalue weighted by molar-refractivity contribution is -0.122. The number of nitrogens with one attached hydrogen (secondary N) is 1. The molecular weight excluding hydrogens is 318 g/mol. The molecule has 0 spiro atoms. The first-order valence-corrected chi connectivity index (χ1v) is 9.92. The van der Waals surface area contributed by atoms with Crippen LogP contribution in [0, 0.1) is 5.92 Å². The van der Waals surface area contributed by atoms with E-state index in [0.29, 0.717) is 6.04 Å². The summed E-state index contributed by atoms with van der Waals surface area (Å²) in [5.41, 5.74) is 1.06. The third kappa shape index (κ3) is 4.12. The van der Waals surface area contributed by atoms with Crippen molar-refractivity contribution in [3.8, 4) is 0 Å². The van der Waals surface area contributed by atoms with Crippen LogP contribution in [0.15, 0.2) is 35.7 Å². The first kappa shape index (κ1) is 17.3. The van der Waals surface area contributed by atoms with Crippen molar-refractivity contribution in [2.24, 2.45) is 5.92 Å². The number of pyridine rings is 1. The molecule has 2 aromatic rings. The van der Waals surface area contributed by atoms with Gasteiger partial charge in [0.05, 0.1) is 17.0 Å². The number of fused-ring (bicyclic) bond motifs is 1. The highest BCUT2D eigenvalue weighted by molar-refractivity contribution is 8.00. The van der Waals surface area contributed by atoms with E-state index in [1.165, 1.54) is 25.7 Å². The van der Waals surface area contributed by atoms with E-state index in [-0.39, 0.29) is 17.1 Å². The van der Waals surface area contributed by atoms with Crippen LogP contribution in [-0.4, -0.2) is 26.6 Å². The van der Waals surface area contributed by atoms with Gasteiger partial charge in [0.15, 0.2) is 5.16 Å². The second-order valence-electron chi connectivity index (χ2n) is 7.02. The predicted molar refractivity (Wildman–Crippen MR) is 99.3 cm³/mol. The second-order valence-corrected chi connectivity index (χ2v) is 8.12. The summed E-state index contributed by atoms with van der Waals surface area (Å²) >= 11 is 1.57. The largest absolute Gasteiger partial charge is 0.352 e. The van der Waals surface area contributed by atoms with Crippen LogP contribution in [0.1, 0.15) is 52.4 Å². The lowest BCUT2D eigenvalue weighted by Gasteiger charge is -2.23. The van der Waals surface area contributed by atoms with Crippen LogP contribution < -0.4 is 5.32 Å². The van der Waals surface area contributed by atoms with Gasteiger partial charge in [-0.25, -0.2) is 4.98 Å². The molecule has 2 heterocycles. The van der Waals surface area contributed by atoms with Crippen LogP contribution in [0.3, 0.4) is 0 Å². The van der Waals surface area contributed by atoms with E-state index in [4.69, 9.17) is 0 Å². The SMILES string of the molecule is CC(C)[C@@H](Sc1ncc2ccccn12)C(=O)NC1CCCCCC1. The van der Waals surface area contributed by atoms with E-state index in [9.17, 15) is 4.79 Å². The number of hydrogen-bond acceptors (Lipinski definition) is 3. The Labute approximate surface area is 148 Å². The molecule has 4 nitrogen and oxygen atoms in total. The molecule has 2 aromatic heterocycles. The minimum Gasteiger partial charge on any atom is -0.352 e. The van der Waals surface area contributed by atoms with Crippen LogP contribution in [0.4, 0.5) is 0 Å². The molecule has 1 saturated carbocycles. The van der Waals surface area contributed by atoms with Gasteiger partial charge in [0.2, 0.25) is 5.91 Å². The fourth-order valence-corrected chi connectivity index (χ4v) is 4.39. The zero-order valence-electron chi connectivity index (χ0n) is 14.6. The molecule has 1 fully saturated rings. The van der Waals surface area contributed by atoms with Crippen molar-refractivity contribution in [3.05, 3.63) is 30.6 Å². The minimum absolute atomic E-state index is 0.112. The van der Waals surface area contributed by atoms with E-state index in [2.05, 4.69) is 28.5 Å². The first-order chi connectivity index (χ1) is 11.6. The molecule has 130 valence electrons. The fourth-order valence-electron chi connectivity index (χ4n) is 3.32. The van der Waals surface area contributed by atoms with Crippen LogP contribution in [-0.2, 0) is 4.79 Å². The van der Waals surface area contributed by atoms with Crippen molar-refractivity contribution in [2.75, 3.05) is 0 Å². The minimum atomic E-state index is -0.112. The molecular formula is C19H27N3OS. The molecule has 1 aliphatic rings. The molecule has 0 aliphatic heterocycles. The van der Waals surface area contributed by atoms with E-state index < -0.39 is 0 Å². The topological polar surface area (TPSA) is 46.4 Å². The number of amides is 1. The highest BCUT2D eigenvalue weighted by atomic mass is 32.2. The molecule has 1 atom stereocenters. The Bertz CT molecular complexity index is 674. The van der Waals surface area contributed by atoms with Crippen molar-refractivity contribution in [1.29, 1.82) is 0 Å². The van der Waals surface area contributed by atoms with Crippen molar-refractivity contribution in [2.45, 2.75) is 68.8 Å². The third-order valence-electron chi connectivity index (χ3n) is 4.70. The quantitative estimate of drug-likeness (QED) is 0.649. The number of carbonyl (C=O) groups is 1. The Morgan fingerprint density at radius 1 is 1.25 bits per heavy atom. The predicted octanol–water partition coefficient (Wildman–Crippen LogP) is 4.29. The zero-order valence-corrected chi connectivity index (χ0v) is 15.4. The lowest BCUT2D eigenvalue weighted by atomic mass is 10.1. The van der Waals surface area contributed by atoms with Gasteiger partial charge in [-0.1, -0.05) is 57.4 Å². The number of aromatic nitrogens is 2. The molecule has 0 aromatic carbocycles. The van der Waals surface area contributed by atoms with Crippen molar-refractivity contribution in [3.63, 3.8) is 0 Å². The summed E-state index contributed by atoms with van der Waals surface area (Å²) in [5, 5.41) is 4.08. The van der Waals surface area contributed by atoms with Crippen LogP contribution in [0.5, 0.6) is 0 Å². The number of rotatable bonds is 5. The molecule has 0 unspecified atom stereocenters. The molecule has 0 saturated heterocycles. The summed E-state index contributed by atoms with van der Waals surface area (Å²) in [5.74, 6) is 0.423. The van der Waals surface area contributed by atoms with Gasteiger partial charge >= 0.3 is 0 Å². The normalized spacial score (nSPS) is 17.8. The molecule has 1 aliphatic carbocycles. The van der Waals surface area contributed by atoms with Crippen molar-refractivity contribution in [1.82, 2.24) is 14.7 Å². The Kier molecular flexibility index (Phi) is 5.82. The lowest BCUT2D eigenvalue weighted by Crippen LogP contribution is -2.42. The smallest absolute Gasteiger partial charge is 0.234 e. The Morgan fingerprint density at radius 2 is 2.00 bits per heavy atom. The Morgan fingerprint density at radius 3 is 2.71 bits per heavy atom. The average molecular weight is 346 g/mol. The van der Waals surface area contributed by atoms with Crippen LogP contribution in [0.25, 0.3) is 5.52 Å². The van der Waals surface area contributed by atoms with Gasteiger partial charge in [-0.2, -0.15) is 0 Å². The number of imidazole rings is 1. The fraction of sp³-hybridized carbons (Fsp3) is 0.579. The van der Waals surface area contributed by atoms with Gasteiger partial charge in [0.25, 0.3) is 0 Å². The van der Waals surface area contributed by atoms with Gasteiger partial charge in [-0.15, -0.1) is 0 Å². The van der Waals surface area contributed by atoms with Crippen molar-refractivity contribution < 1.29 is 4.79 Å². The maximum atomic E-state index is 12.9. The number of nitrogens with zero attached hydrogens (tertiary/aromatic N) is 2. The standard InChI is InChI=1S/C19H27N3OS/c1-14(2)17(18(23)21-15-9-5-3-4-6-10-15)24-19-20-13-16-11-7-8-12-22(16)19/h7-8,11-15,17H,3-6,9-10H2,1-2H3,(H,21,23)/t17-/m1/s1. The Balaban J connectivity index is 1.70. The average Bonchev–Trinajstić information content (AvgIpc) is 2.80. The van der Waals surface area contributed by atoms with E-state index in [1.807, 2.05) is 30.6 Å². The van der Waals surface area contributed by atoms with Gasteiger partial charge < -0.3 is 5.32 Å². The molecule has 24 heavy (non-hydrogen) atoms. The summed E-state index contributed by atoms with van der Waals surface area (Å²) in [6.45, 7) is 4.22. The van der Waals surface area contributed by atoms with Gasteiger partial charge in [-0.05, 0) is 30.9 Å². The number of carbonyl (C=O) groups excluding carboxylic acids is 1. The van der Waals surface area contributed by atoms with Crippen LogP contribution >= 0.6 is 11.8 Å². The molecule has 1 N–H and O–H groups in total. The molecule has 0 bridgehead atoms. The molecule has 3 rings (SSSR count). The van der Waals surface area contributed by atoms with Gasteiger partial charge in [-0.3, -0.25) is 9.20 Å². The third-order valence-corrected chi connectivity index (χ3v) is 6.23. The number of thioether (sulfide) groups is 1. The summed E-state index contributed by atoms with van der Waals surface area (Å²) in [7, 11) is 0. The first-order valence-electron chi connectivity index (χ1n) is 9.04. The summed E-state index contributed by atoms with van der Waals surface area (Å²) in [4.78, 5) is 17.4. The summed E-state index contributed by atoms with van der Waals surface area (Å²) in [6.07, 6.45) is 11.2. The van der Waals surface area contributed by atoms with E-state index >= 15 is 0 Å². The summed E-state index contributed by atoms with van der Waals surface area (Å²) in [6, 6.07) is 6.38. The van der Waals surface area contributed by atoms with E-state index in [0.717, 1.165) is 23.5 Å². The monoisotopic (exact) mass is 345 g/mol. The maximum Gasteiger partial charge on any atom is 0.234 e. The van der Waals surface area contributed by atoms with Crippen LogP contribution in [0.2, 0.25) is 0 Å². The molecule has 1 amide bonds. The maximum absolute atomic E-state index is 12.9. The molecule has 5 heteroatoms.